The highest BCUT2D eigenvalue weighted by Crippen LogP contribution is 2.20. The fourth-order valence-corrected chi connectivity index (χ4v) is 1.86. The Bertz CT molecular complexity index is 610. The van der Waals surface area contributed by atoms with Crippen LogP contribution in [-0.4, -0.2) is 20.9 Å². The molecule has 0 fully saturated rings. The van der Waals surface area contributed by atoms with Crippen LogP contribution < -0.4 is 0 Å². The van der Waals surface area contributed by atoms with Gasteiger partial charge in [0.25, 0.3) is 0 Å². The van der Waals surface area contributed by atoms with Crippen molar-refractivity contribution in [2.45, 2.75) is 13.3 Å². The highest BCUT2D eigenvalue weighted by atomic mass is 79.9. The van der Waals surface area contributed by atoms with Gasteiger partial charge in [-0.3, -0.25) is 0 Å². The number of aryl methyl sites for hydroxylation is 1. The van der Waals surface area contributed by atoms with Crippen molar-refractivity contribution in [3.05, 3.63) is 45.9 Å². The Morgan fingerprint density at radius 1 is 1.50 bits per heavy atom. The first kappa shape index (κ1) is 12.8. The molecule has 1 aromatic carbocycles. The van der Waals surface area contributed by atoms with Gasteiger partial charge in [-0.05, 0) is 40.5 Å². The third-order valence-electron chi connectivity index (χ3n) is 2.51. The molecule has 0 amide bonds. The van der Waals surface area contributed by atoms with Crippen molar-refractivity contribution < 1.29 is 14.3 Å². The van der Waals surface area contributed by atoms with Gasteiger partial charge in [0.05, 0.1) is 10.2 Å². The van der Waals surface area contributed by atoms with Gasteiger partial charge in [0.15, 0.2) is 5.69 Å². The van der Waals surface area contributed by atoms with E-state index in [1.165, 1.54) is 16.8 Å². The molecule has 4 nitrogen and oxygen atoms in total. The molecule has 0 saturated heterocycles. The van der Waals surface area contributed by atoms with E-state index in [1.54, 1.807) is 12.1 Å². The maximum absolute atomic E-state index is 13.5. The number of aromatic carboxylic acids is 1. The van der Waals surface area contributed by atoms with Crippen LogP contribution >= 0.6 is 15.9 Å². The minimum Gasteiger partial charge on any atom is -0.476 e. The molecule has 94 valence electrons. The zero-order valence-corrected chi connectivity index (χ0v) is 11.1. The van der Waals surface area contributed by atoms with E-state index in [9.17, 15) is 9.18 Å². The standard InChI is InChI=1S/C12H10BrFN2O2/c1-2-7-6-11(12(17)18)15-16(7)8-3-4-9(13)10(14)5-8/h3-6H,2H2,1H3,(H,17,18). The fourth-order valence-electron chi connectivity index (χ4n) is 1.62. The highest BCUT2D eigenvalue weighted by molar-refractivity contribution is 9.10. The average Bonchev–Trinajstić information content (AvgIpc) is 2.77. The molecule has 1 heterocycles. The van der Waals surface area contributed by atoms with Gasteiger partial charge in [-0.25, -0.2) is 13.9 Å². The number of rotatable bonds is 3. The minimum atomic E-state index is -1.10. The summed E-state index contributed by atoms with van der Waals surface area (Å²) in [7, 11) is 0. The lowest BCUT2D eigenvalue weighted by Crippen LogP contribution is -2.03. The third-order valence-corrected chi connectivity index (χ3v) is 3.16. The molecule has 0 spiro atoms. The number of hydrogen-bond acceptors (Lipinski definition) is 2. The molecule has 0 saturated carbocycles. The number of carbonyl (C=O) groups is 1. The number of nitrogens with zero attached hydrogens (tertiary/aromatic N) is 2. The largest absolute Gasteiger partial charge is 0.476 e. The molecule has 2 aromatic rings. The SMILES string of the molecule is CCc1cc(C(=O)O)nn1-c1ccc(Br)c(F)c1. The first-order chi connectivity index (χ1) is 8.52. The molecule has 1 aromatic heterocycles. The monoisotopic (exact) mass is 312 g/mol. The molecular weight excluding hydrogens is 303 g/mol. The van der Waals surface area contributed by atoms with Crippen molar-refractivity contribution >= 4 is 21.9 Å². The topological polar surface area (TPSA) is 55.1 Å². The van der Waals surface area contributed by atoms with E-state index in [-0.39, 0.29) is 5.69 Å². The Hall–Kier alpha value is -1.69. The van der Waals surface area contributed by atoms with E-state index in [1.807, 2.05) is 6.92 Å². The Labute approximate surface area is 111 Å². The zero-order valence-electron chi connectivity index (χ0n) is 9.52. The summed E-state index contributed by atoms with van der Waals surface area (Å²) in [6.45, 7) is 1.88. The van der Waals surface area contributed by atoms with Crippen LogP contribution in [0.25, 0.3) is 5.69 Å². The zero-order chi connectivity index (χ0) is 13.3. The van der Waals surface area contributed by atoms with E-state index in [4.69, 9.17) is 5.11 Å². The van der Waals surface area contributed by atoms with Gasteiger partial charge in [-0.15, -0.1) is 0 Å². The van der Waals surface area contributed by atoms with Gasteiger partial charge in [0.1, 0.15) is 5.82 Å². The first-order valence-electron chi connectivity index (χ1n) is 5.30. The van der Waals surface area contributed by atoms with E-state index in [0.717, 1.165) is 0 Å². The maximum atomic E-state index is 13.5. The minimum absolute atomic E-state index is 0.0461. The van der Waals surface area contributed by atoms with Gasteiger partial charge >= 0.3 is 5.97 Å². The van der Waals surface area contributed by atoms with Crippen LogP contribution in [-0.2, 0) is 6.42 Å². The number of carboxylic acids is 1. The molecule has 0 aliphatic carbocycles. The fraction of sp³-hybridized carbons (Fsp3) is 0.167. The Morgan fingerprint density at radius 3 is 2.78 bits per heavy atom. The Morgan fingerprint density at radius 2 is 2.22 bits per heavy atom. The molecule has 1 N–H and O–H groups in total. The summed E-state index contributed by atoms with van der Waals surface area (Å²) in [5.74, 6) is -1.51. The molecule has 0 unspecified atom stereocenters. The van der Waals surface area contributed by atoms with E-state index in [0.29, 0.717) is 22.3 Å². The summed E-state index contributed by atoms with van der Waals surface area (Å²) >= 11 is 3.07. The van der Waals surface area contributed by atoms with Crippen molar-refractivity contribution in [3.63, 3.8) is 0 Å². The first-order valence-corrected chi connectivity index (χ1v) is 6.10. The third kappa shape index (κ3) is 2.28. The number of hydrogen-bond donors (Lipinski definition) is 1. The lowest BCUT2D eigenvalue weighted by molar-refractivity contribution is 0.0690. The number of carboxylic acid groups (broad SMARTS) is 1. The second kappa shape index (κ2) is 4.89. The van der Waals surface area contributed by atoms with Gasteiger partial charge < -0.3 is 5.11 Å². The van der Waals surface area contributed by atoms with Crippen LogP contribution in [0.2, 0.25) is 0 Å². The van der Waals surface area contributed by atoms with Gasteiger partial charge in [0, 0.05) is 11.8 Å². The molecule has 0 bridgehead atoms. The predicted octanol–water partition coefficient (Wildman–Crippen LogP) is 3.03. The summed E-state index contributed by atoms with van der Waals surface area (Å²) in [6.07, 6.45) is 0.609. The molecule has 18 heavy (non-hydrogen) atoms. The molecule has 0 atom stereocenters. The van der Waals surface area contributed by atoms with E-state index >= 15 is 0 Å². The number of halogens is 2. The summed E-state index contributed by atoms with van der Waals surface area (Å²) in [4.78, 5) is 10.9. The molecule has 2 rings (SSSR count). The average molecular weight is 313 g/mol. The number of aromatic nitrogens is 2. The van der Waals surface area contributed by atoms with Crippen molar-refractivity contribution in [1.29, 1.82) is 0 Å². The molecular formula is C12H10BrFN2O2. The summed E-state index contributed by atoms with van der Waals surface area (Å²) in [5.41, 5.74) is 1.17. The van der Waals surface area contributed by atoms with Crippen LogP contribution in [0.5, 0.6) is 0 Å². The maximum Gasteiger partial charge on any atom is 0.356 e. The lowest BCUT2D eigenvalue weighted by Gasteiger charge is -2.06. The number of benzene rings is 1. The Balaban J connectivity index is 2.55. The second-order valence-corrected chi connectivity index (χ2v) is 4.54. The van der Waals surface area contributed by atoms with Crippen molar-refractivity contribution in [1.82, 2.24) is 9.78 Å². The van der Waals surface area contributed by atoms with Crippen LogP contribution in [0.4, 0.5) is 4.39 Å². The van der Waals surface area contributed by atoms with E-state index < -0.39 is 11.8 Å². The van der Waals surface area contributed by atoms with Crippen LogP contribution in [0, 0.1) is 5.82 Å². The summed E-state index contributed by atoms with van der Waals surface area (Å²) < 4.78 is 15.3. The van der Waals surface area contributed by atoms with Crippen molar-refractivity contribution in [2.75, 3.05) is 0 Å². The highest BCUT2D eigenvalue weighted by Gasteiger charge is 2.14. The molecule has 0 aliphatic heterocycles. The predicted molar refractivity (Wildman–Crippen MR) is 67.6 cm³/mol. The molecule has 0 radical (unpaired) electrons. The van der Waals surface area contributed by atoms with Gasteiger partial charge in [-0.2, -0.15) is 5.10 Å². The van der Waals surface area contributed by atoms with E-state index in [2.05, 4.69) is 21.0 Å². The van der Waals surface area contributed by atoms with Gasteiger partial charge in [-0.1, -0.05) is 6.92 Å². The van der Waals surface area contributed by atoms with Crippen molar-refractivity contribution in [2.24, 2.45) is 0 Å². The molecule has 6 heteroatoms. The smallest absolute Gasteiger partial charge is 0.356 e. The van der Waals surface area contributed by atoms with Gasteiger partial charge in [0.2, 0.25) is 0 Å². The van der Waals surface area contributed by atoms with Crippen LogP contribution in [0.15, 0.2) is 28.7 Å². The lowest BCUT2D eigenvalue weighted by atomic mass is 10.2. The van der Waals surface area contributed by atoms with Crippen LogP contribution in [0.3, 0.4) is 0 Å². The Kier molecular flexibility index (Phi) is 3.47. The molecule has 0 aliphatic rings. The quantitative estimate of drug-likeness (QED) is 0.947. The van der Waals surface area contributed by atoms with Crippen molar-refractivity contribution in [3.8, 4) is 5.69 Å². The van der Waals surface area contributed by atoms with Crippen LogP contribution in [0.1, 0.15) is 23.1 Å². The second-order valence-electron chi connectivity index (χ2n) is 3.69. The summed E-state index contributed by atoms with van der Waals surface area (Å²) in [6, 6.07) is 6.03. The summed E-state index contributed by atoms with van der Waals surface area (Å²) in [5, 5.41) is 12.9. The normalized spacial score (nSPS) is 10.6.